The maximum absolute atomic E-state index is 3.49. The van der Waals surface area contributed by atoms with Crippen LogP contribution in [-0.2, 0) is 12.1 Å². The number of fused-ring (bicyclic) bond motifs is 1. The fourth-order valence-electron chi connectivity index (χ4n) is 1.70. The van der Waals surface area contributed by atoms with E-state index in [-0.39, 0.29) is 5.54 Å². The van der Waals surface area contributed by atoms with Crippen LogP contribution < -0.4 is 5.32 Å². The highest BCUT2D eigenvalue weighted by Gasteiger charge is 2.28. The highest BCUT2D eigenvalue weighted by molar-refractivity contribution is 9.10. The Bertz CT molecular complexity index is 318. The van der Waals surface area contributed by atoms with Crippen LogP contribution in [0.1, 0.15) is 25.0 Å². The van der Waals surface area contributed by atoms with Crippen molar-refractivity contribution >= 4 is 15.9 Å². The summed E-state index contributed by atoms with van der Waals surface area (Å²) in [7, 11) is 0. The summed E-state index contributed by atoms with van der Waals surface area (Å²) in [6.45, 7) is 5.42. The van der Waals surface area contributed by atoms with E-state index in [1.165, 1.54) is 11.1 Å². The van der Waals surface area contributed by atoms with Crippen LogP contribution in [0.5, 0.6) is 0 Å². The van der Waals surface area contributed by atoms with Gasteiger partial charge in [0.2, 0.25) is 0 Å². The molecule has 12 heavy (non-hydrogen) atoms. The molecule has 0 saturated carbocycles. The summed E-state index contributed by atoms with van der Waals surface area (Å²) in [5.41, 5.74) is 2.97. The lowest BCUT2D eigenvalue weighted by molar-refractivity contribution is 0.442. The molecule has 0 radical (unpaired) electrons. The van der Waals surface area contributed by atoms with Crippen LogP contribution in [-0.4, -0.2) is 0 Å². The van der Waals surface area contributed by atoms with Gasteiger partial charge in [-0.1, -0.05) is 22.0 Å². The summed E-state index contributed by atoms with van der Waals surface area (Å²) in [5, 5.41) is 3.47. The number of benzene rings is 1. The van der Waals surface area contributed by atoms with Crippen molar-refractivity contribution in [3.8, 4) is 0 Å². The predicted octanol–water partition coefficient (Wildman–Crippen LogP) is 2.79. The molecule has 0 amide bonds. The minimum absolute atomic E-state index is 0.138. The smallest absolute Gasteiger partial charge is 0.0383 e. The van der Waals surface area contributed by atoms with Gasteiger partial charge in [-0.3, -0.25) is 0 Å². The van der Waals surface area contributed by atoms with Crippen LogP contribution in [0.25, 0.3) is 0 Å². The topological polar surface area (TPSA) is 12.0 Å². The molecular weight excluding hydrogens is 214 g/mol. The normalized spacial score (nSPS) is 19.2. The second-order valence-corrected chi connectivity index (χ2v) is 4.70. The molecule has 64 valence electrons. The number of hydrogen-bond donors (Lipinski definition) is 1. The van der Waals surface area contributed by atoms with Crippen molar-refractivity contribution in [1.29, 1.82) is 0 Å². The third-order valence-electron chi connectivity index (χ3n) is 2.47. The summed E-state index contributed by atoms with van der Waals surface area (Å²) in [6.07, 6.45) is 0. The molecule has 1 nitrogen and oxygen atoms in total. The molecule has 2 rings (SSSR count). The van der Waals surface area contributed by atoms with Gasteiger partial charge in [0.1, 0.15) is 0 Å². The molecule has 1 N–H and O–H groups in total. The molecule has 1 aliphatic rings. The Labute approximate surface area is 81.3 Å². The lowest BCUT2D eigenvalue weighted by atomic mass is 9.95. The molecular formula is C10H12BrN. The molecule has 0 fully saturated rings. The lowest BCUT2D eigenvalue weighted by Crippen LogP contribution is -2.28. The standard InChI is InChI=1S/C10H12BrN/c1-10(2)9-5-8(11)4-3-7(9)6-12-10/h3-5,12H,6H2,1-2H3. The quantitative estimate of drug-likeness (QED) is 0.717. The molecule has 0 aliphatic carbocycles. The number of halogens is 1. The summed E-state index contributed by atoms with van der Waals surface area (Å²) < 4.78 is 1.16. The van der Waals surface area contributed by atoms with Gasteiger partial charge in [-0.15, -0.1) is 0 Å². The van der Waals surface area contributed by atoms with Gasteiger partial charge in [0, 0.05) is 16.6 Å². The van der Waals surface area contributed by atoms with Gasteiger partial charge >= 0.3 is 0 Å². The molecule has 1 heterocycles. The SMILES string of the molecule is CC1(C)NCc2ccc(Br)cc21. The van der Waals surface area contributed by atoms with E-state index in [4.69, 9.17) is 0 Å². The Morgan fingerprint density at radius 1 is 1.42 bits per heavy atom. The second kappa shape index (κ2) is 2.57. The Morgan fingerprint density at radius 2 is 2.17 bits per heavy atom. The minimum atomic E-state index is 0.138. The highest BCUT2D eigenvalue weighted by Crippen LogP contribution is 2.32. The first-order chi connectivity index (χ1) is 5.59. The zero-order valence-corrected chi connectivity index (χ0v) is 8.90. The van der Waals surface area contributed by atoms with E-state index >= 15 is 0 Å². The van der Waals surface area contributed by atoms with Gasteiger partial charge in [-0.05, 0) is 37.1 Å². The summed E-state index contributed by atoms with van der Waals surface area (Å²) in [6, 6.07) is 6.48. The Balaban J connectivity index is 2.57. The Morgan fingerprint density at radius 3 is 2.92 bits per heavy atom. The molecule has 0 aromatic heterocycles. The van der Waals surface area contributed by atoms with Gasteiger partial charge < -0.3 is 5.32 Å². The molecule has 0 spiro atoms. The fraction of sp³-hybridized carbons (Fsp3) is 0.400. The average molecular weight is 226 g/mol. The van der Waals surface area contributed by atoms with E-state index in [2.05, 4.69) is 53.3 Å². The minimum Gasteiger partial charge on any atom is -0.304 e. The Kier molecular flexibility index (Phi) is 1.77. The maximum atomic E-state index is 3.49. The zero-order chi connectivity index (χ0) is 8.77. The number of nitrogens with one attached hydrogen (secondary N) is 1. The first-order valence-electron chi connectivity index (χ1n) is 4.13. The van der Waals surface area contributed by atoms with Gasteiger partial charge in [-0.2, -0.15) is 0 Å². The Hall–Kier alpha value is -0.340. The number of rotatable bonds is 0. The molecule has 0 bridgehead atoms. The van der Waals surface area contributed by atoms with Crippen LogP contribution in [0.15, 0.2) is 22.7 Å². The summed E-state index contributed by atoms with van der Waals surface area (Å²) in [4.78, 5) is 0. The van der Waals surface area contributed by atoms with E-state index in [0.29, 0.717) is 0 Å². The molecule has 0 atom stereocenters. The van der Waals surface area contributed by atoms with Crippen LogP contribution in [0.3, 0.4) is 0 Å². The first-order valence-corrected chi connectivity index (χ1v) is 4.93. The van der Waals surface area contributed by atoms with Crippen molar-refractivity contribution in [1.82, 2.24) is 5.32 Å². The predicted molar refractivity (Wildman–Crippen MR) is 54.0 cm³/mol. The molecule has 0 saturated heterocycles. The zero-order valence-electron chi connectivity index (χ0n) is 7.32. The van der Waals surface area contributed by atoms with Crippen LogP contribution in [0, 0.1) is 0 Å². The first kappa shape index (κ1) is 8.27. The third-order valence-corrected chi connectivity index (χ3v) is 2.96. The molecule has 1 aromatic rings. The van der Waals surface area contributed by atoms with E-state index in [9.17, 15) is 0 Å². The van der Waals surface area contributed by atoms with E-state index in [1.807, 2.05) is 0 Å². The van der Waals surface area contributed by atoms with E-state index in [1.54, 1.807) is 0 Å². The van der Waals surface area contributed by atoms with Crippen LogP contribution >= 0.6 is 15.9 Å². The van der Waals surface area contributed by atoms with Crippen molar-refractivity contribution in [2.45, 2.75) is 25.9 Å². The summed E-state index contributed by atoms with van der Waals surface area (Å²) in [5.74, 6) is 0. The fourth-order valence-corrected chi connectivity index (χ4v) is 2.06. The van der Waals surface area contributed by atoms with Gasteiger partial charge in [0.25, 0.3) is 0 Å². The summed E-state index contributed by atoms with van der Waals surface area (Å²) >= 11 is 3.49. The van der Waals surface area contributed by atoms with Crippen LogP contribution in [0.4, 0.5) is 0 Å². The van der Waals surface area contributed by atoms with E-state index < -0.39 is 0 Å². The lowest BCUT2D eigenvalue weighted by Gasteiger charge is -2.19. The van der Waals surface area contributed by atoms with Gasteiger partial charge in [0.15, 0.2) is 0 Å². The third kappa shape index (κ3) is 1.19. The van der Waals surface area contributed by atoms with Crippen molar-refractivity contribution in [2.75, 3.05) is 0 Å². The molecule has 1 aliphatic heterocycles. The van der Waals surface area contributed by atoms with Crippen molar-refractivity contribution in [2.24, 2.45) is 0 Å². The van der Waals surface area contributed by atoms with Crippen molar-refractivity contribution < 1.29 is 0 Å². The molecule has 0 unspecified atom stereocenters. The van der Waals surface area contributed by atoms with E-state index in [0.717, 1.165) is 11.0 Å². The van der Waals surface area contributed by atoms with Crippen LogP contribution in [0.2, 0.25) is 0 Å². The second-order valence-electron chi connectivity index (χ2n) is 3.78. The van der Waals surface area contributed by atoms with Crippen molar-refractivity contribution in [3.63, 3.8) is 0 Å². The van der Waals surface area contributed by atoms with Gasteiger partial charge in [-0.25, -0.2) is 0 Å². The molecule has 2 heteroatoms. The largest absolute Gasteiger partial charge is 0.304 e. The number of hydrogen-bond acceptors (Lipinski definition) is 1. The molecule has 1 aromatic carbocycles. The monoisotopic (exact) mass is 225 g/mol. The maximum Gasteiger partial charge on any atom is 0.0383 e. The van der Waals surface area contributed by atoms with Crippen molar-refractivity contribution in [3.05, 3.63) is 33.8 Å². The highest BCUT2D eigenvalue weighted by atomic mass is 79.9. The average Bonchev–Trinajstić information content (AvgIpc) is 2.28. The van der Waals surface area contributed by atoms with Gasteiger partial charge in [0.05, 0.1) is 0 Å².